The van der Waals surface area contributed by atoms with E-state index >= 15 is 0 Å². The van der Waals surface area contributed by atoms with E-state index < -0.39 is 0 Å². The molecule has 29 heavy (non-hydrogen) atoms. The number of hydrogen-bond acceptors (Lipinski definition) is 4. The van der Waals surface area contributed by atoms with E-state index in [1.54, 1.807) is 17.0 Å². The van der Waals surface area contributed by atoms with Gasteiger partial charge in [-0.3, -0.25) is 9.59 Å². The highest BCUT2D eigenvalue weighted by molar-refractivity contribution is 6.03. The molecule has 0 saturated carbocycles. The second-order valence-electron chi connectivity index (χ2n) is 7.75. The van der Waals surface area contributed by atoms with Crippen molar-refractivity contribution in [1.29, 1.82) is 0 Å². The summed E-state index contributed by atoms with van der Waals surface area (Å²) in [5.74, 6) is 0.918. The topological polar surface area (TPSA) is 67.9 Å². The van der Waals surface area contributed by atoms with Crippen molar-refractivity contribution in [3.63, 3.8) is 0 Å². The molecule has 1 saturated heterocycles. The second kappa shape index (κ2) is 8.99. The SMILES string of the molecule is CC(C)Oc1ccc(NC(=O)[C@H]2CC(=O)N(c3ccc(OC(C)C)cc3)C2)cc1. The predicted molar refractivity (Wildman–Crippen MR) is 114 cm³/mol. The summed E-state index contributed by atoms with van der Waals surface area (Å²) in [6.07, 6.45) is 0.384. The third-order valence-electron chi connectivity index (χ3n) is 4.51. The standard InChI is InChI=1S/C23H28N2O4/c1-15(2)28-20-9-5-18(6-10-20)24-23(27)17-13-22(26)25(14-17)19-7-11-21(12-8-19)29-16(3)4/h5-12,15-17H,13-14H2,1-4H3,(H,24,27)/t17-/m0/s1. The Balaban J connectivity index is 1.60. The quantitative estimate of drug-likeness (QED) is 0.760. The first kappa shape index (κ1) is 20.7. The van der Waals surface area contributed by atoms with Crippen LogP contribution < -0.4 is 19.7 Å². The summed E-state index contributed by atoms with van der Waals surface area (Å²) in [6, 6.07) is 14.6. The zero-order chi connectivity index (χ0) is 21.0. The molecule has 1 atom stereocenters. The number of benzene rings is 2. The van der Waals surface area contributed by atoms with Crippen LogP contribution in [0, 0.1) is 5.92 Å². The van der Waals surface area contributed by atoms with Gasteiger partial charge in [-0.05, 0) is 76.2 Å². The van der Waals surface area contributed by atoms with E-state index in [0.29, 0.717) is 12.2 Å². The van der Waals surface area contributed by atoms with Crippen LogP contribution in [-0.2, 0) is 9.59 Å². The first-order chi connectivity index (χ1) is 13.8. The second-order valence-corrected chi connectivity index (χ2v) is 7.75. The highest BCUT2D eigenvalue weighted by atomic mass is 16.5. The van der Waals surface area contributed by atoms with Crippen LogP contribution in [0.15, 0.2) is 48.5 Å². The zero-order valence-electron chi connectivity index (χ0n) is 17.3. The number of hydrogen-bond donors (Lipinski definition) is 1. The van der Waals surface area contributed by atoms with E-state index in [1.807, 2.05) is 64.1 Å². The van der Waals surface area contributed by atoms with E-state index in [4.69, 9.17) is 9.47 Å². The van der Waals surface area contributed by atoms with Crippen LogP contribution in [0.3, 0.4) is 0 Å². The van der Waals surface area contributed by atoms with Gasteiger partial charge >= 0.3 is 0 Å². The summed E-state index contributed by atoms with van der Waals surface area (Å²) < 4.78 is 11.2. The van der Waals surface area contributed by atoms with Crippen LogP contribution in [0.2, 0.25) is 0 Å². The average Bonchev–Trinajstić information content (AvgIpc) is 3.05. The summed E-state index contributed by atoms with van der Waals surface area (Å²) in [7, 11) is 0. The van der Waals surface area contributed by atoms with Crippen LogP contribution in [0.25, 0.3) is 0 Å². The van der Waals surface area contributed by atoms with Crippen LogP contribution in [0.4, 0.5) is 11.4 Å². The Bertz CT molecular complexity index is 844. The number of nitrogens with one attached hydrogen (secondary N) is 1. The highest BCUT2D eigenvalue weighted by Gasteiger charge is 2.35. The van der Waals surface area contributed by atoms with Crippen LogP contribution in [-0.4, -0.2) is 30.6 Å². The molecule has 0 radical (unpaired) electrons. The average molecular weight is 396 g/mol. The molecule has 1 heterocycles. The fourth-order valence-electron chi connectivity index (χ4n) is 3.24. The lowest BCUT2D eigenvalue weighted by Gasteiger charge is -2.18. The molecule has 6 heteroatoms. The van der Waals surface area contributed by atoms with Crippen molar-refractivity contribution in [2.75, 3.05) is 16.8 Å². The fourth-order valence-corrected chi connectivity index (χ4v) is 3.24. The molecule has 1 aliphatic rings. The largest absolute Gasteiger partial charge is 0.491 e. The minimum absolute atomic E-state index is 0.0524. The van der Waals surface area contributed by atoms with Gasteiger partial charge in [0.15, 0.2) is 0 Å². The number of anilines is 2. The van der Waals surface area contributed by atoms with Crippen LogP contribution in [0.1, 0.15) is 34.1 Å². The zero-order valence-corrected chi connectivity index (χ0v) is 17.3. The number of ether oxygens (including phenoxy) is 2. The van der Waals surface area contributed by atoms with Crippen LogP contribution >= 0.6 is 0 Å². The molecule has 154 valence electrons. The molecule has 2 aromatic carbocycles. The molecule has 2 aromatic rings. The fraction of sp³-hybridized carbons (Fsp3) is 0.391. The van der Waals surface area contributed by atoms with Gasteiger partial charge in [-0.25, -0.2) is 0 Å². The molecule has 0 spiro atoms. The number of nitrogens with zero attached hydrogens (tertiary/aromatic N) is 1. The van der Waals surface area contributed by atoms with Gasteiger partial charge < -0.3 is 19.7 Å². The van der Waals surface area contributed by atoms with Crippen molar-refractivity contribution in [2.24, 2.45) is 5.92 Å². The minimum atomic E-state index is -0.388. The molecule has 6 nitrogen and oxygen atoms in total. The van der Waals surface area contributed by atoms with Gasteiger partial charge in [-0.1, -0.05) is 0 Å². The van der Waals surface area contributed by atoms with Gasteiger partial charge in [-0.15, -0.1) is 0 Å². The first-order valence-corrected chi connectivity index (χ1v) is 9.96. The van der Waals surface area contributed by atoms with Crippen molar-refractivity contribution in [3.8, 4) is 11.5 Å². The normalized spacial score (nSPS) is 16.4. The Labute approximate surface area is 171 Å². The smallest absolute Gasteiger partial charge is 0.229 e. The van der Waals surface area contributed by atoms with Crippen molar-refractivity contribution in [1.82, 2.24) is 0 Å². The summed E-state index contributed by atoms with van der Waals surface area (Å²) >= 11 is 0. The van der Waals surface area contributed by atoms with E-state index in [2.05, 4.69) is 5.32 Å². The number of amides is 2. The lowest BCUT2D eigenvalue weighted by Crippen LogP contribution is -2.28. The van der Waals surface area contributed by atoms with Gasteiger partial charge in [0.25, 0.3) is 0 Å². The van der Waals surface area contributed by atoms with Crippen LogP contribution in [0.5, 0.6) is 11.5 Å². The number of carbonyl (C=O) groups is 2. The monoisotopic (exact) mass is 396 g/mol. The molecule has 3 rings (SSSR count). The Morgan fingerprint density at radius 2 is 1.45 bits per heavy atom. The van der Waals surface area contributed by atoms with Crippen molar-refractivity contribution in [3.05, 3.63) is 48.5 Å². The molecule has 1 fully saturated rings. The van der Waals surface area contributed by atoms with Crippen molar-refractivity contribution >= 4 is 23.2 Å². The molecule has 0 aromatic heterocycles. The molecule has 2 amide bonds. The molecule has 1 aliphatic heterocycles. The maximum atomic E-state index is 12.6. The van der Waals surface area contributed by atoms with E-state index in [-0.39, 0.29) is 36.4 Å². The summed E-state index contributed by atoms with van der Waals surface area (Å²) in [5.41, 5.74) is 1.46. The molecular weight excluding hydrogens is 368 g/mol. The third-order valence-corrected chi connectivity index (χ3v) is 4.51. The molecular formula is C23H28N2O4. The Morgan fingerprint density at radius 1 is 0.931 bits per heavy atom. The maximum Gasteiger partial charge on any atom is 0.229 e. The lowest BCUT2D eigenvalue weighted by molar-refractivity contribution is -0.122. The third kappa shape index (κ3) is 5.50. The van der Waals surface area contributed by atoms with Gasteiger partial charge in [-0.2, -0.15) is 0 Å². The van der Waals surface area contributed by atoms with E-state index in [1.165, 1.54) is 0 Å². The predicted octanol–water partition coefficient (Wildman–Crippen LogP) is 4.25. The van der Waals surface area contributed by atoms with E-state index in [0.717, 1.165) is 17.2 Å². The number of carbonyl (C=O) groups excluding carboxylic acids is 2. The van der Waals surface area contributed by atoms with Crippen molar-refractivity contribution < 1.29 is 19.1 Å². The molecule has 0 unspecified atom stereocenters. The minimum Gasteiger partial charge on any atom is -0.491 e. The number of rotatable bonds is 7. The van der Waals surface area contributed by atoms with Gasteiger partial charge in [0, 0.05) is 24.3 Å². The lowest BCUT2D eigenvalue weighted by atomic mass is 10.1. The van der Waals surface area contributed by atoms with Gasteiger partial charge in [0.2, 0.25) is 11.8 Å². The van der Waals surface area contributed by atoms with E-state index in [9.17, 15) is 9.59 Å². The Morgan fingerprint density at radius 3 is 1.97 bits per heavy atom. The van der Waals surface area contributed by atoms with Crippen molar-refractivity contribution in [2.45, 2.75) is 46.3 Å². The first-order valence-electron chi connectivity index (χ1n) is 9.96. The summed E-state index contributed by atoms with van der Waals surface area (Å²) in [6.45, 7) is 8.22. The molecule has 0 aliphatic carbocycles. The maximum absolute atomic E-state index is 12.6. The molecule has 0 bridgehead atoms. The van der Waals surface area contributed by atoms with Gasteiger partial charge in [0.05, 0.1) is 18.1 Å². The van der Waals surface area contributed by atoms with Gasteiger partial charge in [0.1, 0.15) is 11.5 Å². The highest BCUT2D eigenvalue weighted by Crippen LogP contribution is 2.28. The summed E-state index contributed by atoms with van der Waals surface area (Å²) in [5, 5.41) is 2.89. The molecule has 1 N–H and O–H groups in total. The summed E-state index contributed by atoms with van der Waals surface area (Å²) in [4.78, 5) is 26.7. The Kier molecular flexibility index (Phi) is 6.42. The Hall–Kier alpha value is -3.02.